The second kappa shape index (κ2) is 7.86. The van der Waals surface area contributed by atoms with Gasteiger partial charge in [0, 0.05) is 23.4 Å². The Hall–Kier alpha value is -4.11. The predicted octanol–water partition coefficient (Wildman–Crippen LogP) is 3.51. The van der Waals surface area contributed by atoms with Crippen molar-refractivity contribution < 1.29 is 4.39 Å². The van der Waals surface area contributed by atoms with E-state index in [1.54, 1.807) is 12.3 Å². The molecule has 5 aromatic rings. The first-order valence-electron chi connectivity index (χ1n) is 9.59. The molecule has 0 aliphatic rings. The average Bonchev–Trinajstić information content (AvgIpc) is 3.21. The number of pyridine rings is 2. The molecule has 4 aromatic heterocycles. The number of hydrogen-bond donors (Lipinski definition) is 2. The summed E-state index contributed by atoms with van der Waals surface area (Å²) >= 11 is 6.12. The van der Waals surface area contributed by atoms with E-state index in [2.05, 4.69) is 25.0 Å². The molecule has 0 aliphatic heterocycles. The molecule has 0 aliphatic carbocycles. The largest absolute Gasteiger partial charge is 0.368 e. The van der Waals surface area contributed by atoms with Crippen LogP contribution in [0, 0.1) is 5.82 Å². The lowest BCUT2D eigenvalue weighted by molar-refractivity contribution is 0.619. The number of H-pyrrole nitrogens is 1. The van der Waals surface area contributed by atoms with Gasteiger partial charge < -0.3 is 10.7 Å². The molecule has 0 spiro atoms. The molecule has 3 N–H and O–H groups in total. The van der Waals surface area contributed by atoms with Crippen LogP contribution in [0.3, 0.4) is 0 Å². The fraction of sp³-hybridized carbons (Fsp3) is 0.0455. The zero-order valence-corrected chi connectivity index (χ0v) is 17.2. The van der Waals surface area contributed by atoms with Crippen LogP contribution in [-0.4, -0.2) is 29.5 Å². The van der Waals surface area contributed by atoms with E-state index in [1.807, 2.05) is 30.3 Å². The van der Waals surface area contributed by atoms with Crippen LogP contribution in [0.2, 0.25) is 5.02 Å². The van der Waals surface area contributed by atoms with Gasteiger partial charge in [0.25, 0.3) is 0 Å². The summed E-state index contributed by atoms with van der Waals surface area (Å²) in [5.41, 5.74) is 9.65. The SMILES string of the molecule is Nc1nc(-c2ccccc2)c(-c2ccc(=O)[nH]c2)c2nc(Cc3ncc(F)cc3Cl)nn12. The standard InChI is InChI=1S/C22H15ClFN7O/c23-15-8-14(24)11-26-16(15)9-17-28-21-19(13-6-7-18(32)27-10-13)20(12-4-2-1-3-5-12)29-22(25)31(21)30-17/h1-8,10-11H,9H2,(H2,25,29)(H,27,32). The van der Waals surface area contributed by atoms with E-state index in [4.69, 9.17) is 17.3 Å². The van der Waals surface area contributed by atoms with Gasteiger partial charge in [0.15, 0.2) is 11.5 Å². The molecule has 1 aromatic carbocycles. The Balaban J connectivity index is 1.73. The van der Waals surface area contributed by atoms with Crippen molar-refractivity contribution in [2.75, 3.05) is 5.73 Å². The summed E-state index contributed by atoms with van der Waals surface area (Å²) in [6.45, 7) is 0. The Kier molecular flexibility index (Phi) is 4.87. The molecular formula is C22H15ClFN7O. The smallest absolute Gasteiger partial charge is 0.247 e. The lowest BCUT2D eigenvalue weighted by Gasteiger charge is -2.11. The molecule has 158 valence electrons. The zero-order chi connectivity index (χ0) is 22.2. The highest BCUT2D eigenvalue weighted by Gasteiger charge is 2.20. The molecule has 0 bridgehead atoms. The van der Waals surface area contributed by atoms with E-state index in [1.165, 1.54) is 16.6 Å². The minimum Gasteiger partial charge on any atom is -0.368 e. The molecule has 8 nitrogen and oxygen atoms in total. The van der Waals surface area contributed by atoms with E-state index in [0.717, 1.165) is 11.8 Å². The van der Waals surface area contributed by atoms with Crippen molar-refractivity contribution in [2.45, 2.75) is 6.42 Å². The topological polar surface area (TPSA) is 115 Å². The average molecular weight is 448 g/mol. The van der Waals surface area contributed by atoms with Crippen molar-refractivity contribution in [3.05, 3.63) is 93.6 Å². The van der Waals surface area contributed by atoms with Gasteiger partial charge in [0.2, 0.25) is 11.5 Å². The highest BCUT2D eigenvalue weighted by Crippen LogP contribution is 2.34. The van der Waals surface area contributed by atoms with Gasteiger partial charge in [0.1, 0.15) is 5.82 Å². The number of aromatic amines is 1. The van der Waals surface area contributed by atoms with Gasteiger partial charge in [-0.05, 0) is 12.1 Å². The first-order chi connectivity index (χ1) is 15.5. The molecule has 0 radical (unpaired) electrons. The first-order valence-corrected chi connectivity index (χ1v) is 9.97. The van der Waals surface area contributed by atoms with E-state index >= 15 is 0 Å². The second-order valence-corrected chi connectivity index (χ2v) is 7.43. The monoisotopic (exact) mass is 447 g/mol. The van der Waals surface area contributed by atoms with Gasteiger partial charge in [-0.25, -0.2) is 14.4 Å². The van der Waals surface area contributed by atoms with Crippen molar-refractivity contribution >= 4 is 23.2 Å². The number of nitrogen functional groups attached to an aromatic ring is 1. The maximum absolute atomic E-state index is 13.3. The number of benzene rings is 1. The minimum atomic E-state index is -0.525. The highest BCUT2D eigenvalue weighted by atomic mass is 35.5. The fourth-order valence-corrected chi connectivity index (χ4v) is 3.65. The molecule has 0 saturated carbocycles. The zero-order valence-electron chi connectivity index (χ0n) is 16.5. The number of aromatic nitrogens is 6. The molecule has 4 heterocycles. The number of halogens is 2. The summed E-state index contributed by atoms with van der Waals surface area (Å²) < 4.78 is 14.8. The van der Waals surface area contributed by atoms with Crippen molar-refractivity contribution in [3.8, 4) is 22.4 Å². The number of hydrogen-bond acceptors (Lipinski definition) is 6. The van der Waals surface area contributed by atoms with Crippen LogP contribution < -0.4 is 11.3 Å². The van der Waals surface area contributed by atoms with Crippen molar-refractivity contribution in [2.24, 2.45) is 0 Å². The Bertz CT molecular complexity index is 1490. The van der Waals surface area contributed by atoms with Gasteiger partial charge >= 0.3 is 0 Å². The van der Waals surface area contributed by atoms with E-state index < -0.39 is 5.82 Å². The van der Waals surface area contributed by atoms with Gasteiger partial charge in [-0.2, -0.15) is 4.52 Å². The fourth-order valence-electron chi connectivity index (χ4n) is 3.43. The van der Waals surface area contributed by atoms with Crippen molar-refractivity contribution in [1.82, 2.24) is 29.5 Å². The third kappa shape index (κ3) is 3.58. The minimum absolute atomic E-state index is 0.143. The van der Waals surface area contributed by atoms with Crippen LogP contribution >= 0.6 is 11.6 Å². The quantitative estimate of drug-likeness (QED) is 0.435. The van der Waals surface area contributed by atoms with Crippen LogP contribution in [0.4, 0.5) is 10.3 Å². The van der Waals surface area contributed by atoms with Crippen molar-refractivity contribution in [3.63, 3.8) is 0 Å². The van der Waals surface area contributed by atoms with Gasteiger partial charge in [-0.3, -0.25) is 9.78 Å². The summed E-state index contributed by atoms with van der Waals surface area (Å²) in [4.78, 5) is 27.6. The Morgan fingerprint density at radius 1 is 1.09 bits per heavy atom. The summed E-state index contributed by atoms with van der Waals surface area (Å²) in [6, 6.07) is 13.8. The second-order valence-electron chi connectivity index (χ2n) is 7.02. The highest BCUT2D eigenvalue weighted by molar-refractivity contribution is 6.31. The number of nitrogens with two attached hydrogens (primary N) is 1. The Morgan fingerprint density at radius 3 is 2.62 bits per heavy atom. The van der Waals surface area contributed by atoms with E-state index in [0.29, 0.717) is 34.0 Å². The molecule has 0 fully saturated rings. The molecule has 32 heavy (non-hydrogen) atoms. The summed E-state index contributed by atoms with van der Waals surface area (Å²) in [5, 5.41) is 4.64. The molecule has 10 heteroatoms. The summed E-state index contributed by atoms with van der Waals surface area (Å²) in [6.07, 6.45) is 2.85. The normalized spacial score (nSPS) is 11.2. The third-order valence-electron chi connectivity index (χ3n) is 4.88. The molecule has 0 unspecified atom stereocenters. The van der Waals surface area contributed by atoms with Gasteiger partial charge in [0.05, 0.1) is 34.6 Å². The number of fused-ring (bicyclic) bond motifs is 1. The summed E-state index contributed by atoms with van der Waals surface area (Å²) in [7, 11) is 0. The number of rotatable bonds is 4. The molecular weight excluding hydrogens is 433 g/mol. The van der Waals surface area contributed by atoms with Crippen LogP contribution in [0.15, 0.2) is 65.7 Å². The molecule has 0 saturated heterocycles. The van der Waals surface area contributed by atoms with Crippen molar-refractivity contribution in [1.29, 1.82) is 0 Å². The molecule has 0 amide bonds. The molecule has 5 rings (SSSR count). The summed E-state index contributed by atoms with van der Waals surface area (Å²) in [5.74, 6) is 0.00217. The maximum Gasteiger partial charge on any atom is 0.247 e. The van der Waals surface area contributed by atoms with Crippen LogP contribution in [0.25, 0.3) is 28.0 Å². The Morgan fingerprint density at radius 2 is 1.91 bits per heavy atom. The van der Waals surface area contributed by atoms with Crippen LogP contribution in [0.1, 0.15) is 11.5 Å². The van der Waals surface area contributed by atoms with Crippen LogP contribution in [0.5, 0.6) is 0 Å². The lowest BCUT2D eigenvalue weighted by Crippen LogP contribution is -2.07. The van der Waals surface area contributed by atoms with E-state index in [-0.39, 0.29) is 23.0 Å². The van der Waals surface area contributed by atoms with E-state index in [9.17, 15) is 9.18 Å². The molecule has 0 atom stereocenters. The number of nitrogens with zero attached hydrogens (tertiary/aromatic N) is 5. The predicted molar refractivity (Wildman–Crippen MR) is 119 cm³/mol. The Labute approximate surface area is 185 Å². The lowest BCUT2D eigenvalue weighted by atomic mass is 10.0. The van der Waals surface area contributed by atoms with Crippen LogP contribution in [-0.2, 0) is 6.42 Å². The maximum atomic E-state index is 13.3. The first kappa shape index (κ1) is 19.8. The van der Waals surface area contributed by atoms with Gasteiger partial charge in [-0.1, -0.05) is 41.9 Å². The third-order valence-corrected chi connectivity index (χ3v) is 5.21. The van der Waals surface area contributed by atoms with Gasteiger partial charge in [-0.15, -0.1) is 5.10 Å². The number of nitrogens with one attached hydrogen (secondary N) is 1. The number of anilines is 1.